The zero-order chi connectivity index (χ0) is 20.9. The Morgan fingerprint density at radius 2 is 1.97 bits per heavy atom. The van der Waals surface area contributed by atoms with Gasteiger partial charge in [0.2, 0.25) is 5.91 Å². The number of carbonyl (C=O) groups is 1. The molecule has 0 fully saturated rings. The molecule has 0 N–H and O–H groups in total. The zero-order valence-electron chi connectivity index (χ0n) is 16.6. The molecule has 7 nitrogen and oxygen atoms in total. The summed E-state index contributed by atoms with van der Waals surface area (Å²) in [5, 5.41) is 9.01. The summed E-state index contributed by atoms with van der Waals surface area (Å²) >= 11 is 2.71. The Morgan fingerprint density at radius 3 is 2.73 bits per heavy atom. The highest BCUT2D eigenvalue weighted by atomic mass is 32.2. The monoisotopic (exact) mass is 440 g/mol. The van der Waals surface area contributed by atoms with Gasteiger partial charge >= 0.3 is 0 Å². The van der Waals surface area contributed by atoms with Gasteiger partial charge in [-0.1, -0.05) is 52.9 Å². The van der Waals surface area contributed by atoms with E-state index in [1.54, 1.807) is 4.90 Å². The van der Waals surface area contributed by atoms with Gasteiger partial charge in [0, 0.05) is 6.54 Å². The Bertz CT molecular complexity index is 1110. The third-order valence-corrected chi connectivity index (χ3v) is 6.14. The number of hydrogen-bond acceptors (Lipinski definition) is 8. The second kappa shape index (κ2) is 9.27. The van der Waals surface area contributed by atoms with Crippen LogP contribution in [0.4, 0.5) is 5.13 Å². The van der Waals surface area contributed by atoms with Crippen LogP contribution in [0.2, 0.25) is 0 Å². The van der Waals surface area contributed by atoms with Gasteiger partial charge in [0.1, 0.15) is 5.75 Å². The van der Waals surface area contributed by atoms with Crippen LogP contribution in [0.15, 0.2) is 58.2 Å². The minimum Gasteiger partial charge on any atom is -0.484 e. The summed E-state index contributed by atoms with van der Waals surface area (Å²) in [6.07, 6.45) is 0. The van der Waals surface area contributed by atoms with Crippen LogP contribution in [-0.4, -0.2) is 33.4 Å². The van der Waals surface area contributed by atoms with Crippen molar-refractivity contribution in [3.05, 3.63) is 60.0 Å². The number of hydrogen-bond donors (Lipinski definition) is 0. The number of anilines is 1. The highest BCUT2D eigenvalue weighted by molar-refractivity contribution is 7.99. The number of aryl methyl sites for hydroxylation is 1. The van der Waals surface area contributed by atoms with Crippen molar-refractivity contribution in [2.45, 2.75) is 25.7 Å². The summed E-state index contributed by atoms with van der Waals surface area (Å²) in [6, 6.07) is 15.6. The molecule has 30 heavy (non-hydrogen) atoms. The molecule has 2 heterocycles. The van der Waals surface area contributed by atoms with Crippen molar-refractivity contribution >= 4 is 44.4 Å². The topological polar surface area (TPSA) is 81.4 Å². The summed E-state index contributed by atoms with van der Waals surface area (Å²) in [6.45, 7) is 4.67. The van der Waals surface area contributed by atoms with E-state index in [1.807, 2.05) is 62.4 Å². The number of nitrogens with zero attached hydrogens (tertiary/aromatic N) is 4. The first kappa shape index (κ1) is 20.4. The largest absolute Gasteiger partial charge is 0.484 e. The third-order valence-electron chi connectivity index (χ3n) is 4.28. The maximum Gasteiger partial charge on any atom is 0.277 e. The number of thiazole rings is 1. The summed E-state index contributed by atoms with van der Waals surface area (Å²) in [7, 11) is 0. The Morgan fingerprint density at radius 1 is 1.17 bits per heavy atom. The first-order valence-electron chi connectivity index (χ1n) is 9.43. The van der Waals surface area contributed by atoms with Crippen molar-refractivity contribution in [1.29, 1.82) is 0 Å². The fourth-order valence-corrected chi connectivity index (χ4v) is 4.43. The van der Waals surface area contributed by atoms with Crippen LogP contribution < -0.4 is 9.64 Å². The van der Waals surface area contributed by atoms with Crippen molar-refractivity contribution in [1.82, 2.24) is 15.2 Å². The molecule has 154 valence electrons. The molecule has 4 aromatic rings. The Labute approximate surface area is 182 Å². The molecular weight excluding hydrogens is 420 g/mol. The fraction of sp³-hybridized carbons (Fsp3) is 0.238. The molecule has 0 atom stereocenters. The van der Waals surface area contributed by atoms with Gasteiger partial charge < -0.3 is 9.15 Å². The average Bonchev–Trinajstić information content (AvgIpc) is 3.39. The van der Waals surface area contributed by atoms with E-state index in [0.717, 1.165) is 21.5 Å². The van der Waals surface area contributed by atoms with Crippen molar-refractivity contribution in [2.24, 2.45) is 0 Å². The molecular formula is C21H20N4O3S2. The van der Waals surface area contributed by atoms with Crippen LogP contribution in [0.3, 0.4) is 0 Å². The summed E-state index contributed by atoms with van der Waals surface area (Å²) in [5.74, 6) is 1.23. The van der Waals surface area contributed by atoms with Crippen LogP contribution in [0.5, 0.6) is 5.75 Å². The molecule has 0 aliphatic heterocycles. The average molecular weight is 441 g/mol. The highest BCUT2D eigenvalue weighted by Gasteiger charge is 2.19. The Hall–Kier alpha value is -2.91. The number of carbonyl (C=O) groups excluding carboxylic acids is 1. The predicted octanol–water partition coefficient (Wildman–Crippen LogP) is 4.71. The molecule has 0 saturated carbocycles. The molecule has 4 rings (SSSR count). The van der Waals surface area contributed by atoms with E-state index < -0.39 is 0 Å². The van der Waals surface area contributed by atoms with Crippen molar-refractivity contribution in [2.75, 3.05) is 17.2 Å². The van der Waals surface area contributed by atoms with Gasteiger partial charge in [-0.25, -0.2) is 4.98 Å². The standard InChI is InChI=1S/C21H20N4O3S2/c1-3-25(20-22-16-6-4-5-7-17(16)30-20)19(26)13-29-21-24-23-18(28-21)12-27-15-10-8-14(2)9-11-15/h4-11H,3,12-13H2,1-2H3. The number of rotatable bonds is 8. The lowest BCUT2D eigenvalue weighted by atomic mass is 10.2. The number of amides is 1. The third kappa shape index (κ3) is 4.80. The SMILES string of the molecule is CCN(C(=O)CSc1nnc(COc2ccc(C)cc2)o1)c1nc2ccccc2s1. The number of benzene rings is 2. The van der Waals surface area contributed by atoms with Crippen LogP contribution in [0, 0.1) is 6.92 Å². The molecule has 0 bridgehead atoms. The molecule has 0 aliphatic carbocycles. The summed E-state index contributed by atoms with van der Waals surface area (Å²) in [4.78, 5) is 19.0. The predicted molar refractivity (Wildman–Crippen MR) is 118 cm³/mol. The van der Waals surface area contributed by atoms with E-state index in [1.165, 1.54) is 23.1 Å². The normalized spacial score (nSPS) is 11.0. The number of ether oxygens (including phenoxy) is 1. The molecule has 0 spiro atoms. The number of aromatic nitrogens is 3. The van der Waals surface area contributed by atoms with Crippen molar-refractivity contribution in [3.8, 4) is 5.75 Å². The van der Waals surface area contributed by atoms with Gasteiger partial charge in [-0.05, 0) is 38.1 Å². The van der Waals surface area contributed by atoms with Crippen LogP contribution in [0.1, 0.15) is 18.4 Å². The van der Waals surface area contributed by atoms with E-state index in [9.17, 15) is 4.79 Å². The molecule has 0 radical (unpaired) electrons. The molecule has 2 aromatic heterocycles. The quantitative estimate of drug-likeness (QED) is 0.367. The van der Waals surface area contributed by atoms with E-state index in [-0.39, 0.29) is 18.3 Å². The number of fused-ring (bicyclic) bond motifs is 1. The molecule has 0 aliphatic rings. The van der Waals surface area contributed by atoms with E-state index in [2.05, 4.69) is 15.2 Å². The van der Waals surface area contributed by atoms with Gasteiger partial charge in [-0.15, -0.1) is 10.2 Å². The number of para-hydroxylation sites is 1. The van der Waals surface area contributed by atoms with Crippen LogP contribution in [-0.2, 0) is 11.4 Å². The highest BCUT2D eigenvalue weighted by Crippen LogP contribution is 2.29. The molecule has 0 saturated heterocycles. The zero-order valence-corrected chi connectivity index (χ0v) is 18.2. The second-order valence-electron chi connectivity index (χ2n) is 6.45. The molecule has 2 aromatic carbocycles. The van der Waals surface area contributed by atoms with Gasteiger partial charge in [-0.2, -0.15) is 0 Å². The van der Waals surface area contributed by atoms with Gasteiger partial charge in [0.15, 0.2) is 11.7 Å². The smallest absolute Gasteiger partial charge is 0.277 e. The minimum absolute atomic E-state index is 0.0581. The first-order chi connectivity index (χ1) is 14.6. The lowest BCUT2D eigenvalue weighted by Gasteiger charge is -2.16. The molecule has 9 heteroatoms. The minimum atomic E-state index is -0.0581. The molecule has 1 amide bonds. The van der Waals surface area contributed by atoms with E-state index >= 15 is 0 Å². The lowest BCUT2D eigenvalue weighted by molar-refractivity contribution is -0.116. The van der Waals surface area contributed by atoms with E-state index in [4.69, 9.17) is 9.15 Å². The van der Waals surface area contributed by atoms with Crippen molar-refractivity contribution in [3.63, 3.8) is 0 Å². The van der Waals surface area contributed by atoms with Crippen molar-refractivity contribution < 1.29 is 13.9 Å². The van der Waals surface area contributed by atoms with Crippen LogP contribution in [0.25, 0.3) is 10.2 Å². The first-order valence-corrected chi connectivity index (χ1v) is 11.2. The lowest BCUT2D eigenvalue weighted by Crippen LogP contribution is -2.32. The van der Waals surface area contributed by atoms with Gasteiger partial charge in [0.25, 0.3) is 11.1 Å². The van der Waals surface area contributed by atoms with E-state index in [0.29, 0.717) is 22.8 Å². The van der Waals surface area contributed by atoms with Gasteiger partial charge in [-0.3, -0.25) is 9.69 Å². The summed E-state index contributed by atoms with van der Waals surface area (Å²) in [5.41, 5.74) is 2.06. The Kier molecular flexibility index (Phi) is 6.29. The fourth-order valence-electron chi connectivity index (χ4n) is 2.73. The van der Waals surface area contributed by atoms with Gasteiger partial charge in [0.05, 0.1) is 16.0 Å². The maximum absolute atomic E-state index is 12.7. The Balaban J connectivity index is 1.33. The number of thioether (sulfide) groups is 1. The summed E-state index contributed by atoms with van der Waals surface area (Å²) < 4.78 is 12.3. The maximum atomic E-state index is 12.7. The molecule has 0 unspecified atom stereocenters. The second-order valence-corrected chi connectivity index (χ2v) is 8.39. The van der Waals surface area contributed by atoms with Crippen LogP contribution >= 0.6 is 23.1 Å².